The summed E-state index contributed by atoms with van der Waals surface area (Å²) in [5.74, 6) is -1.28. The van der Waals surface area contributed by atoms with Crippen molar-refractivity contribution in [3.63, 3.8) is 0 Å². The summed E-state index contributed by atoms with van der Waals surface area (Å²) in [7, 11) is -4.02. The van der Waals surface area contributed by atoms with Gasteiger partial charge in [0.15, 0.2) is 10.7 Å². The largest absolute Gasteiger partial charge is 0.355 e. The molecule has 1 unspecified atom stereocenters. The van der Waals surface area contributed by atoms with Crippen molar-refractivity contribution in [1.29, 1.82) is 0 Å². The number of piperidine rings is 1. The molecule has 1 fully saturated rings. The third-order valence-corrected chi connectivity index (χ3v) is 8.22. The molecule has 1 atom stereocenters. The zero-order valence-corrected chi connectivity index (χ0v) is 20.9. The molecule has 10 heteroatoms. The quantitative estimate of drug-likeness (QED) is 0.479. The maximum Gasteiger partial charge on any atom is 0.248 e. The van der Waals surface area contributed by atoms with Crippen LogP contribution in [0, 0.1) is 25.6 Å². The molecule has 4 rings (SSSR count). The summed E-state index contributed by atoms with van der Waals surface area (Å²) in [5, 5.41) is 7.05. The van der Waals surface area contributed by atoms with Crippen LogP contribution in [-0.4, -0.2) is 36.9 Å². The van der Waals surface area contributed by atoms with Crippen molar-refractivity contribution in [2.24, 2.45) is 5.92 Å². The minimum absolute atomic E-state index is 0.00349. The smallest absolute Gasteiger partial charge is 0.248 e. The maximum atomic E-state index is 14.0. The molecule has 0 spiro atoms. The number of carbonyl (C=O) groups is 1. The number of hydrogen-bond acceptors (Lipinski definition) is 5. The molecule has 1 amide bonds. The van der Waals surface area contributed by atoms with Crippen LogP contribution < -0.4 is 5.32 Å². The van der Waals surface area contributed by atoms with E-state index in [0.29, 0.717) is 23.6 Å². The molecule has 0 saturated carbocycles. The lowest BCUT2D eigenvalue weighted by Gasteiger charge is -2.31. The van der Waals surface area contributed by atoms with Crippen molar-refractivity contribution < 1.29 is 22.1 Å². The number of hydrogen-bond donors (Lipinski definition) is 1. The van der Waals surface area contributed by atoms with Gasteiger partial charge in [0.05, 0.1) is 16.6 Å². The van der Waals surface area contributed by atoms with Crippen molar-refractivity contribution in [2.75, 3.05) is 18.4 Å². The van der Waals surface area contributed by atoms with Crippen LogP contribution in [0.25, 0.3) is 12.2 Å². The number of benzene rings is 2. The molecule has 184 valence electrons. The molecule has 1 saturated heterocycles. The van der Waals surface area contributed by atoms with Crippen molar-refractivity contribution in [2.45, 2.75) is 31.6 Å². The molecule has 2 heterocycles. The summed E-state index contributed by atoms with van der Waals surface area (Å²) in [4.78, 5) is 12.8. The van der Waals surface area contributed by atoms with Gasteiger partial charge < -0.3 is 9.84 Å². The van der Waals surface area contributed by atoms with E-state index in [0.717, 1.165) is 5.56 Å². The van der Waals surface area contributed by atoms with Crippen molar-refractivity contribution in [3.05, 3.63) is 75.9 Å². The maximum absolute atomic E-state index is 14.0. The van der Waals surface area contributed by atoms with E-state index in [1.807, 2.05) is 13.0 Å². The van der Waals surface area contributed by atoms with E-state index in [1.165, 1.54) is 29.4 Å². The van der Waals surface area contributed by atoms with Gasteiger partial charge in [0, 0.05) is 18.7 Å². The summed E-state index contributed by atoms with van der Waals surface area (Å²) in [6.45, 7) is 3.70. The summed E-state index contributed by atoms with van der Waals surface area (Å²) in [5.41, 5.74) is 1.93. The zero-order chi connectivity index (χ0) is 25.2. The van der Waals surface area contributed by atoms with E-state index in [4.69, 9.17) is 16.1 Å². The van der Waals surface area contributed by atoms with Gasteiger partial charge >= 0.3 is 0 Å². The van der Waals surface area contributed by atoms with Crippen LogP contribution in [0.3, 0.4) is 0 Å². The van der Waals surface area contributed by atoms with Crippen LogP contribution in [0.4, 0.5) is 10.1 Å². The number of amides is 1. The highest BCUT2D eigenvalue weighted by molar-refractivity contribution is 7.89. The molecule has 35 heavy (non-hydrogen) atoms. The Labute approximate surface area is 208 Å². The Bertz CT molecular complexity index is 1390. The fraction of sp³-hybridized carbons (Fsp3) is 0.280. The molecule has 1 aliphatic heterocycles. The molecule has 1 aromatic heterocycles. The third kappa shape index (κ3) is 5.47. The van der Waals surface area contributed by atoms with Crippen molar-refractivity contribution in [3.8, 4) is 0 Å². The molecular formula is C25H25ClFN3O4S. The second kappa shape index (κ2) is 10.3. The minimum atomic E-state index is -4.02. The van der Waals surface area contributed by atoms with Gasteiger partial charge in [-0.1, -0.05) is 41.0 Å². The molecule has 0 aliphatic carbocycles. The van der Waals surface area contributed by atoms with Crippen LogP contribution in [0.5, 0.6) is 0 Å². The zero-order valence-electron chi connectivity index (χ0n) is 19.3. The number of rotatable bonds is 6. The van der Waals surface area contributed by atoms with Crippen LogP contribution in [0.15, 0.2) is 51.9 Å². The Morgan fingerprint density at radius 1 is 1.23 bits per heavy atom. The number of aryl methyl sites for hydroxylation is 2. The van der Waals surface area contributed by atoms with E-state index < -0.39 is 21.8 Å². The number of nitrogens with zero attached hydrogens (tertiary/aromatic N) is 2. The van der Waals surface area contributed by atoms with Crippen molar-refractivity contribution >= 4 is 45.4 Å². The summed E-state index contributed by atoms with van der Waals surface area (Å²) in [6.07, 6.45) is 3.89. The molecule has 2 aromatic carbocycles. The van der Waals surface area contributed by atoms with E-state index >= 15 is 0 Å². The SMILES string of the molecule is Cc1ccc(NC(=O)C2CCCN(S(=O)(=O)c3c(C)noc3/C=C/c3ccccc3F)C2)c(Cl)c1. The fourth-order valence-electron chi connectivity index (χ4n) is 4.03. The number of aromatic nitrogens is 1. The first-order valence-electron chi connectivity index (χ1n) is 11.1. The van der Waals surface area contributed by atoms with Crippen LogP contribution in [0.1, 0.15) is 35.4 Å². The summed E-state index contributed by atoms with van der Waals surface area (Å²) < 4.78 is 47.6. The van der Waals surface area contributed by atoms with Gasteiger partial charge in [0.2, 0.25) is 15.9 Å². The number of halogens is 2. The lowest BCUT2D eigenvalue weighted by Crippen LogP contribution is -2.43. The highest BCUT2D eigenvalue weighted by Gasteiger charge is 2.37. The standard InChI is InChI=1S/C25H25ClFN3O4S/c1-16-9-11-22(20(26)14-16)28-25(31)19-7-5-13-30(15-19)35(32,33)24-17(2)29-34-23(24)12-10-18-6-3-4-8-21(18)27/h3-4,6,8-12,14,19H,5,7,13,15H2,1-2H3,(H,28,31)/b12-10+. The van der Waals surface area contributed by atoms with Gasteiger partial charge in [0.25, 0.3) is 0 Å². The van der Waals surface area contributed by atoms with E-state index in [9.17, 15) is 17.6 Å². The Morgan fingerprint density at radius 3 is 2.74 bits per heavy atom. The molecule has 1 N–H and O–H groups in total. The first-order valence-corrected chi connectivity index (χ1v) is 12.9. The topological polar surface area (TPSA) is 92.5 Å². The van der Waals surface area contributed by atoms with Gasteiger partial charge in [-0.15, -0.1) is 0 Å². The Hall–Kier alpha value is -3.01. The van der Waals surface area contributed by atoms with Gasteiger partial charge in [-0.3, -0.25) is 4.79 Å². The second-order valence-electron chi connectivity index (χ2n) is 8.49. The molecular weight excluding hydrogens is 493 g/mol. The monoisotopic (exact) mass is 517 g/mol. The first-order chi connectivity index (χ1) is 16.7. The average Bonchev–Trinajstić information content (AvgIpc) is 3.21. The third-order valence-electron chi connectivity index (χ3n) is 5.89. The molecule has 0 bridgehead atoms. The number of carbonyl (C=O) groups excluding carboxylic acids is 1. The van der Waals surface area contributed by atoms with E-state index in [-0.39, 0.29) is 40.9 Å². The highest BCUT2D eigenvalue weighted by atomic mass is 35.5. The summed E-state index contributed by atoms with van der Waals surface area (Å²) >= 11 is 6.23. The lowest BCUT2D eigenvalue weighted by molar-refractivity contribution is -0.120. The lowest BCUT2D eigenvalue weighted by atomic mass is 9.98. The number of nitrogens with one attached hydrogen (secondary N) is 1. The normalized spacial score (nSPS) is 17.1. The summed E-state index contributed by atoms with van der Waals surface area (Å²) in [6, 6.07) is 11.4. The van der Waals surface area contributed by atoms with Gasteiger partial charge in [0.1, 0.15) is 11.5 Å². The van der Waals surface area contributed by atoms with Gasteiger partial charge in [-0.25, -0.2) is 12.8 Å². The number of sulfonamides is 1. The first kappa shape index (κ1) is 25.1. The molecule has 3 aromatic rings. The Kier molecular flexibility index (Phi) is 7.39. The van der Waals surface area contributed by atoms with Crippen LogP contribution in [-0.2, 0) is 14.8 Å². The molecule has 7 nitrogen and oxygen atoms in total. The van der Waals surface area contributed by atoms with Gasteiger partial charge in [-0.2, -0.15) is 4.31 Å². The average molecular weight is 518 g/mol. The highest BCUT2D eigenvalue weighted by Crippen LogP contribution is 2.30. The second-order valence-corrected chi connectivity index (χ2v) is 10.8. The van der Waals surface area contributed by atoms with Crippen LogP contribution >= 0.6 is 11.6 Å². The fourth-order valence-corrected chi connectivity index (χ4v) is 6.09. The minimum Gasteiger partial charge on any atom is -0.355 e. The molecule has 1 aliphatic rings. The van der Waals surface area contributed by atoms with E-state index in [1.54, 1.807) is 30.3 Å². The molecule has 0 radical (unpaired) electrons. The predicted molar refractivity (Wildman–Crippen MR) is 133 cm³/mol. The predicted octanol–water partition coefficient (Wildman–Crippen LogP) is 5.29. The number of anilines is 1. The Morgan fingerprint density at radius 2 is 2.00 bits per heavy atom. The van der Waals surface area contributed by atoms with Crippen LogP contribution in [0.2, 0.25) is 5.02 Å². The van der Waals surface area contributed by atoms with E-state index in [2.05, 4.69) is 10.5 Å². The van der Waals surface area contributed by atoms with Crippen molar-refractivity contribution in [1.82, 2.24) is 9.46 Å². The van der Waals surface area contributed by atoms with Gasteiger partial charge in [-0.05, 0) is 62.6 Å². The Balaban J connectivity index is 1.54.